The third-order valence-corrected chi connectivity index (χ3v) is 3.25. The SMILES string of the molecule is COCCNC(=O)C(C)NCCC(=O)N1CCCC1. The van der Waals surface area contributed by atoms with Crippen molar-refractivity contribution in [3.63, 3.8) is 0 Å². The van der Waals surface area contributed by atoms with E-state index in [-0.39, 0.29) is 17.9 Å². The van der Waals surface area contributed by atoms with E-state index < -0.39 is 0 Å². The van der Waals surface area contributed by atoms with Crippen LogP contribution in [0, 0.1) is 0 Å². The Morgan fingerprint density at radius 3 is 2.58 bits per heavy atom. The van der Waals surface area contributed by atoms with Crippen molar-refractivity contribution in [1.29, 1.82) is 0 Å². The molecule has 0 aliphatic carbocycles. The maximum atomic E-state index is 11.8. The van der Waals surface area contributed by atoms with Crippen LogP contribution < -0.4 is 10.6 Å². The summed E-state index contributed by atoms with van der Waals surface area (Å²) in [7, 11) is 1.60. The molecule has 0 aromatic carbocycles. The van der Waals surface area contributed by atoms with Crippen molar-refractivity contribution in [3.05, 3.63) is 0 Å². The van der Waals surface area contributed by atoms with Crippen molar-refractivity contribution in [2.45, 2.75) is 32.2 Å². The Labute approximate surface area is 114 Å². The Morgan fingerprint density at radius 1 is 1.26 bits per heavy atom. The van der Waals surface area contributed by atoms with E-state index in [1.807, 2.05) is 4.90 Å². The van der Waals surface area contributed by atoms with E-state index in [1.165, 1.54) is 0 Å². The van der Waals surface area contributed by atoms with Crippen LogP contribution in [0.4, 0.5) is 0 Å². The fourth-order valence-corrected chi connectivity index (χ4v) is 2.04. The predicted octanol–water partition coefficient (Wildman–Crippen LogP) is -0.260. The first-order valence-electron chi connectivity index (χ1n) is 6.93. The number of hydrogen-bond acceptors (Lipinski definition) is 4. The third-order valence-electron chi connectivity index (χ3n) is 3.25. The van der Waals surface area contributed by atoms with Gasteiger partial charge >= 0.3 is 0 Å². The number of likely N-dealkylation sites (tertiary alicyclic amines) is 1. The molecule has 0 radical (unpaired) electrons. The van der Waals surface area contributed by atoms with Gasteiger partial charge in [0.25, 0.3) is 0 Å². The molecule has 19 heavy (non-hydrogen) atoms. The average molecular weight is 271 g/mol. The van der Waals surface area contributed by atoms with Crippen LogP contribution in [0.15, 0.2) is 0 Å². The first kappa shape index (κ1) is 15.9. The largest absolute Gasteiger partial charge is 0.383 e. The molecule has 0 spiro atoms. The second-order valence-electron chi connectivity index (χ2n) is 4.80. The minimum Gasteiger partial charge on any atom is -0.383 e. The van der Waals surface area contributed by atoms with Gasteiger partial charge in [-0.3, -0.25) is 9.59 Å². The first-order chi connectivity index (χ1) is 9.15. The van der Waals surface area contributed by atoms with Gasteiger partial charge in [-0.05, 0) is 19.8 Å². The lowest BCUT2D eigenvalue weighted by Gasteiger charge is -2.17. The molecule has 1 fully saturated rings. The number of methoxy groups -OCH3 is 1. The maximum absolute atomic E-state index is 11.8. The van der Waals surface area contributed by atoms with Crippen LogP contribution in [0.2, 0.25) is 0 Å². The molecule has 1 unspecified atom stereocenters. The lowest BCUT2D eigenvalue weighted by Crippen LogP contribution is -2.44. The lowest BCUT2D eigenvalue weighted by molar-refractivity contribution is -0.130. The Balaban J connectivity index is 2.10. The number of carbonyl (C=O) groups is 2. The molecule has 6 nitrogen and oxygen atoms in total. The molecule has 1 aliphatic rings. The number of rotatable bonds is 8. The summed E-state index contributed by atoms with van der Waals surface area (Å²) < 4.78 is 4.86. The first-order valence-corrected chi connectivity index (χ1v) is 6.93. The Hall–Kier alpha value is -1.14. The average Bonchev–Trinajstić information content (AvgIpc) is 2.92. The van der Waals surface area contributed by atoms with Crippen LogP contribution in [-0.4, -0.2) is 62.7 Å². The standard InChI is InChI=1S/C13H25N3O3/c1-11(13(18)15-7-10-19-2)14-6-5-12(17)16-8-3-4-9-16/h11,14H,3-10H2,1-2H3,(H,15,18). The van der Waals surface area contributed by atoms with Crippen LogP contribution in [0.1, 0.15) is 26.2 Å². The molecular formula is C13H25N3O3. The van der Waals surface area contributed by atoms with Gasteiger partial charge in [0.05, 0.1) is 12.6 Å². The van der Waals surface area contributed by atoms with Gasteiger partial charge in [0.2, 0.25) is 11.8 Å². The fourth-order valence-electron chi connectivity index (χ4n) is 2.04. The zero-order valence-corrected chi connectivity index (χ0v) is 11.9. The Bertz CT molecular complexity index is 291. The van der Waals surface area contributed by atoms with Crippen LogP contribution in [0.3, 0.4) is 0 Å². The van der Waals surface area contributed by atoms with E-state index in [4.69, 9.17) is 4.74 Å². The molecule has 2 N–H and O–H groups in total. The molecule has 0 aromatic heterocycles. The minimum absolute atomic E-state index is 0.0642. The zero-order valence-electron chi connectivity index (χ0n) is 11.9. The molecule has 1 rings (SSSR count). The quantitative estimate of drug-likeness (QED) is 0.597. The van der Waals surface area contributed by atoms with Crippen molar-refractivity contribution in [2.75, 3.05) is 39.9 Å². The summed E-state index contributed by atoms with van der Waals surface area (Å²) in [4.78, 5) is 25.3. The second-order valence-corrected chi connectivity index (χ2v) is 4.80. The number of hydrogen-bond donors (Lipinski definition) is 2. The van der Waals surface area contributed by atoms with E-state index in [1.54, 1.807) is 14.0 Å². The molecular weight excluding hydrogens is 246 g/mol. The molecule has 6 heteroatoms. The van der Waals surface area contributed by atoms with Crippen LogP contribution in [0.5, 0.6) is 0 Å². The highest BCUT2D eigenvalue weighted by atomic mass is 16.5. The predicted molar refractivity (Wildman–Crippen MR) is 72.8 cm³/mol. The highest BCUT2D eigenvalue weighted by Gasteiger charge is 2.18. The number of carbonyl (C=O) groups excluding carboxylic acids is 2. The van der Waals surface area contributed by atoms with Crippen LogP contribution >= 0.6 is 0 Å². The van der Waals surface area contributed by atoms with Gasteiger partial charge in [-0.1, -0.05) is 0 Å². The van der Waals surface area contributed by atoms with E-state index in [2.05, 4.69) is 10.6 Å². The smallest absolute Gasteiger partial charge is 0.236 e. The van der Waals surface area contributed by atoms with Gasteiger partial charge in [0, 0.05) is 39.7 Å². The summed E-state index contributed by atoms with van der Waals surface area (Å²) in [5, 5.41) is 5.82. The van der Waals surface area contributed by atoms with Gasteiger partial charge in [-0.2, -0.15) is 0 Å². The number of amides is 2. The number of nitrogens with one attached hydrogen (secondary N) is 2. The molecule has 0 saturated carbocycles. The van der Waals surface area contributed by atoms with Gasteiger partial charge < -0.3 is 20.3 Å². The van der Waals surface area contributed by atoms with Crippen molar-refractivity contribution in [3.8, 4) is 0 Å². The molecule has 1 saturated heterocycles. The Kier molecular flexibility index (Phi) is 7.43. The Morgan fingerprint density at radius 2 is 1.95 bits per heavy atom. The highest BCUT2D eigenvalue weighted by molar-refractivity contribution is 5.81. The summed E-state index contributed by atoms with van der Waals surface area (Å²) in [5.74, 6) is 0.114. The molecule has 0 aromatic rings. The summed E-state index contributed by atoms with van der Waals surface area (Å²) >= 11 is 0. The van der Waals surface area contributed by atoms with Crippen molar-refractivity contribution in [1.82, 2.24) is 15.5 Å². The second kappa shape index (κ2) is 8.87. The normalized spacial score (nSPS) is 16.4. The molecule has 0 bridgehead atoms. The summed E-state index contributed by atoms with van der Waals surface area (Å²) in [6.45, 7) is 5.11. The number of ether oxygens (including phenoxy) is 1. The van der Waals surface area contributed by atoms with Crippen molar-refractivity contribution < 1.29 is 14.3 Å². The summed E-state index contributed by atoms with van der Waals surface area (Å²) in [5.41, 5.74) is 0. The number of nitrogens with zero attached hydrogens (tertiary/aromatic N) is 1. The molecule has 110 valence electrons. The fraction of sp³-hybridized carbons (Fsp3) is 0.846. The van der Waals surface area contributed by atoms with Gasteiger partial charge in [-0.25, -0.2) is 0 Å². The molecule has 2 amide bonds. The maximum Gasteiger partial charge on any atom is 0.236 e. The lowest BCUT2D eigenvalue weighted by atomic mass is 10.3. The van der Waals surface area contributed by atoms with E-state index in [0.717, 1.165) is 25.9 Å². The summed E-state index contributed by atoms with van der Waals surface area (Å²) in [6, 6.07) is -0.289. The van der Waals surface area contributed by atoms with Crippen molar-refractivity contribution >= 4 is 11.8 Å². The van der Waals surface area contributed by atoms with Gasteiger partial charge in [0.15, 0.2) is 0 Å². The van der Waals surface area contributed by atoms with E-state index in [0.29, 0.717) is 26.1 Å². The highest BCUT2D eigenvalue weighted by Crippen LogP contribution is 2.08. The van der Waals surface area contributed by atoms with Gasteiger partial charge in [-0.15, -0.1) is 0 Å². The molecule has 1 aliphatic heterocycles. The van der Waals surface area contributed by atoms with E-state index >= 15 is 0 Å². The molecule has 1 atom stereocenters. The van der Waals surface area contributed by atoms with Gasteiger partial charge in [0.1, 0.15) is 0 Å². The van der Waals surface area contributed by atoms with Crippen LogP contribution in [0.25, 0.3) is 0 Å². The minimum atomic E-state index is -0.289. The van der Waals surface area contributed by atoms with E-state index in [9.17, 15) is 9.59 Å². The zero-order chi connectivity index (χ0) is 14.1. The van der Waals surface area contributed by atoms with Crippen LogP contribution in [-0.2, 0) is 14.3 Å². The molecule has 1 heterocycles. The third kappa shape index (κ3) is 6.02. The monoisotopic (exact) mass is 271 g/mol. The van der Waals surface area contributed by atoms with Crippen molar-refractivity contribution in [2.24, 2.45) is 0 Å². The summed E-state index contributed by atoms with van der Waals surface area (Å²) in [6.07, 6.45) is 2.67. The topological polar surface area (TPSA) is 70.7 Å².